The van der Waals surface area contributed by atoms with Gasteiger partial charge in [-0.3, -0.25) is 4.98 Å². The Hall–Kier alpha value is -0.510. The van der Waals surface area contributed by atoms with Crippen LogP contribution in [-0.2, 0) is 6.42 Å². The Morgan fingerprint density at radius 1 is 1.24 bits per heavy atom. The lowest BCUT2D eigenvalue weighted by atomic mass is 10.1. The summed E-state index contributed by atoms with van der Waals surface area (Å²) < 4.78 is 0. The molecule has 1 rings (SSSR count). The predicted octanol–water partition coefficient (Wildman–Crippen LogP) is 2.95. The van der Waals surface area contributed by atoms with E-state index >= 15 is 0 Å². The highest BCUT2D eigenvalue weighted by atomic mass is 35.5. The molecule has 0 amide bonds. The summed E-state index contributed by atoms with van der Waals surface area (Å²) in [7, 11) is 0. The summed E-state index contributed by atoms with van der Waals surface area (Å²) >= 11 is 0. The molecule has 0 saturated carbocycles. The number of rotatable bonds is 5. The fourth-order valence-corrected chi connectivity index (χ4v) is 1.58. The summed E-state index contributed by atoms with van der Waals surface area (Å²) in [4.78, 5) is 4.15. The second-order valence-corrected chi connectivity index (χ2v) is 4.27. The van der Waals surface area contributed by atoms with E-state index in [0.29, 0.717) is 12.1 Å². The molecule has 0 saturated heterocycles. The van der Waals surface area contributed by atoms with Gasteiger partial charge in [0, 0.05) is 17.8 Å². The SMILES string of the molecule is CC(C)NC(C)CCc1ccc(O)cn1.Cl.Cl. The average Bonchev–Trinajstić information content (AvgIpc) is 2.16. The van der Waals surface area contributed by atoms with Crippen molar-refractivity contribution in [2.45, 2.75) is 45.7 Å². The molecule has 2 N–H and O–H groups in total. The van der Waals surface area contributed by atoms with E-state index in [1.165, 1.54) is 6.20 Å². The molecule has 0 aliphatic rings. The highest BCUT2D eigenvalue weighted by Gasteiger charge is 2.04. The van der Waals surface area contributed by atoms with Crippen LogP contribution in [0.1, 0.15) is 32.9 Å². The third kappa shape index (κ3) is 8.25. The maximum Gasteiger partial charge on any atom is 0.133 e. The normalized spacial score (nSPS) is 11.5. The number of aromatic hydroxyl groups is 1. The smallest absolute Gasteiger partial charge is 0.133 e. The van der Waals surface area contributed by atoms with Gasteiger partial charge in [-0.25, -0.2) is 0 Å². The lowest BCUT2D eigenvalue weighted by molar-refractivity contribution is 0.461. The van der Waals surface area contributed by atoms with Crippen LogP contribution in [0, 0.1) is 0 Å². The van der Waals surface area contributed by atoms with Gasteiger partial charge in [0.1, 0.15) is 5.75 Å². The Balaban J connectivity index is 0. The summed E-state index contributed by atoms with van der Waals surface area (Å²) in [6.45, 7) is 6.48. The van der Waals surface area contributed by atoms with Gasteiger partial charge in [0.2, 0.25) is 0 Å². The maximum atomic E-state index is 9.08. The molecule has 0 bridgehead atoms. The molecular weight excluding hydrogens is 259 g/mol. The Kier molecular flexibility index (Phi) is 10.5. The quantitative estimate of drug-likeness (QED) is 0.872. The van der Waals surface area contributed by atoms with E-state index in [2.05, 4.69) is 31.1 Å². The van der Waals surface area contributed by atoms with Crippen molar-refractivity contribution in [3.8, 4) is 5.75 Å². The van der Waals surface area contributed by atoms with Crippen molar-refractivity contribution in [3.05, 3.63) is 24.0 Å². The van der Waals surface area contributed by atoms with Gasteiger partial charge < -0.3 is 10.4 Å². The van der Waals surface area contributed by atoms with Crippen LogP contribution < -0.4 is 5.32 Å². The average molecular weight is 281 g/mol. The van der Waals surface area contributed by atoms with Crippen molar-refractivity contribution < 1.29 is 5.11 Å². The predicted molar refractivity (Wildman–Crippen MR) is 76.5 cm³/mol. The monoisotopic (exact) mass is 280 g/mol. The first kappa shape index (κ1) is 18.8. The van der Waals surface area contributed by atoms with Crippen molar-refractivity contribution >= 4 is 24.8 Å². The summed E-state index contributed by atoms with van der Waals surface area (Å²) in [6.07, 6.45) is 3.51. The van der Waals surface area contributed by atoms with E-state index in [-0.39, 0.29) is 30.6 Å². The molecule has 100 valence electrons. The molecule has 0 aromatic carbocycles. The zero-order valence-corrected chi connectivity index (χ0v) is 12.1. The van der Waals surface area contributed by atoms with Crippen LogP contribution in [-0.4, -0.2) is 22.2 Å². The van der Waals surface area contributed by atoms with Crippen LogP contribution in [0.5, 0.6) is 5.75 Å². The van der Waals surface area contributed by atoms with Gasteiger partial charge in [-0.1, -0.05) is 13.8 Å². The third-order valence-electron chi connectivity index (χ3n) is 2.26. The standard InChI is InChI=1S/C12H20N2O.2ClH/c1-9(2)14-10(3)4-5-11-6-7-12(15)8-13-11;;/h6-10,14-15H,4-5H2,1-3H3;2*1H. The molecule has 1 unspecified atom stereocenters. The lowest BCUT2D eigenvalue weighted by Gasteiger charge is -2.16. The summed E-state index contributed by atoms with van der Waals surface area (Å²) in [5, 5.41) is 12.5. The molecule has 0 aliphatic carbocycles. The van der Waals surface area contributed by atoms with Gasteiger partial charge in [-0.15, -0.1) is 24.8 Å². The Labute approximate surface area is 116 Å². The molecular formula is C12H22Cl2N2O. The first-order chi connectivity index (χ1) is 7.08. The molecule has 0 spiro atoms. The van der Waals surface area contributed by atoms with E-state index in [4.69, 9.17) is 5.11 Å². The number of hydrogen-bond donors (Lipinski definition) is 2. The van der Waals surface area contributed by atoms with Crippen molar-refractivity contribution in [1.29, 1.82) is 0 Å². The molecule has 0 fully saturated rings. The summed E-state index contributed by atoms with van der Waals surface area (Å²) in [5.74, 6) is 0.229. The van der Waals surface area contributed by atoms with Crippen molar-refractivity contribution in [3.63, 3.8) is 0 Å². The number of nitrogens with zero attached hydrogens (tertiary/aromatic N) is 1. The minimum atomic E-state index is 0. The number of hydrogen-bond acceptors (Lipinski definition) is 3. The van der Waals surface area contributed by atoms with Gasteiger partial charge >= 0.3 is 0 Å². The fraction of sp³-hybridized carbons (Fsp3) is 0.583. The van der Waals surface area contributed by atoms with E-state index < -0.39 is 0 Å². The van der Waals surface area contributed by atoms with Gasteiger partial charge in [0.15, 0.2) is 0 Å². The van der Waals surface area contributed by atoms with Crippen molar-refractivity contribution in [1.82, 2.24) is 10.3 Å². The van der Waals surface area contributed by atoms with E-state index in [1.54, 1.807) is 6.07 Å². The maximum absolute atomic E-state index is 9.08. The number of pyridine rings is 1. The number of halogens is 2. The van der Waals surface area contributed by atoms with E-state index in [1.807, 2.05) is 6.07 Å². The van der Waals surface area contributed by atoms with Crippen LogP contribution in [0.4, 0.5) is 0 Å². The zero-order valence-electron chi connectivity index (χ0n) is 10.5. The van der Waals surface area contributed by atoms with Crippen LogP contribution in [0.3, 0.4) is 0 Å². The highest BCUT2D eigenvalue weighted by molar-refractivity contribution is 5.85. The van der Waals surface area contributed by atoms with Crippen molar-refractivity contribution in [2.75, 3.05) is 0 Å². The number of aromatic nitrogens is 1. The second-order valence-electron chi connectivity index (χ2n) is 4.27. The molecule has 1 atom stereocenters. The van der Waals surface area contributed by atoms with E-state index in [0.717, 1.165) is 18.5 Å². The molecule has 0 radical (unpaired) electrons. The molecule has 1 heterocycles. The molecule has 0 aliphatic heterocycles. The second kappa shape index (κ2) is 9.51. The Morgan fingerprint density at radius 3 is 2.35 bits per heavy atom. The number of aryl methyl sites for hydroxylation is 1. The third-order valence-corrected chi connectivity index (χ3v) is 2.26. The molecule has 5 heteroatoms. The molecule has 3 nitrogen and oxygen atoms in total. The minimum Gasteiger partial charge on any atom is -0.506 e. The van der Waals surface area contributed by atoms with Crippen molar-refractivity contribution in [2.24, 2.45) is 0 Å². The van der Waals surface area contributed by atoms with Crippen LogP contribution >= 0.6 is 24.8 Å². The molecule has 1 aromatic rings. The number of nitrogens with one attached hydrogen (secondary N) is 1. The fourth-order valence-electron chi connectivity index (χ4n) is 1.58. The molecule has 1 aromatic heterocycles. The van der Waals surface area contributed by atoms with Gasteiger partial charge in [0.25, 0.3) is 0 Å². The minimum absolute atomic E-state index is 0. The van der Waals surface area contributed by atoms with Crippen LogP contribution in [0.25, 0.3) is 0 Å². The van der Waals surface area contributed by atoms with Gasteiger partial charge in [0.05, 0.1) is 6.20 Å². The molecule has 17 heavy (non-hydrogen) atoms. The largest absolute Gasteiger partial charge is 0.506 e. The Morgan fingerprint density at radius 2 is 1.88 bits per heavy atom. The Bertz CT molecular complexity index is 291. The van der Waals surface area contributed by atoms with Crippen LogP contribution in [0.2, 0.25) is 0 Å². The summed E-state index contributed by atoms with van der Waals surface area (Å²) in [5.41, 5.74) is 1.03. The van der Waals surface area contributed by atoms with Gasteiger partial charge in [-0.2, -0.15) is 0 Å². The highest BCUT2D eigenvalue weighted by Crippen LogP contribution is 2.08. The zero-order chi connectivity index (χ0) is 11.3. The first-order valence-corrected chi connectivity index (χ1v) is 5.48. The van der Waals surface area contributed by atoms with Crippen LogP contribution in [0.15, 0.2) is 18.3 Å². The lowest BCUT2D eigenvalue weighted by Crippen LogP contribution is -2.32. The summed E-state index contributed by atoms with van der Waals surface area (Å²) in [6, 6.07) is 4.58. The topological polar surface area (TPSA) is 45.1 Å². The van der Waals surface area contributed by atoms with Gasteiger partial charge in [-0.05, 0) is 31.9 Å². The van der Waals surface area contributed by atoms with E-state index in [9.17, 15) is 0 Å². The first-order valence-electron chi connectivity index (χ1n) is 5.48.